The molecular weight excluding hydrogens is 292 g/mol. The van der Waals surface area contributed by atoms with Crippen molar-refractivity contribution >= 4 is 10.0 Å². The van der Waals surface area contributed by atoms with Crippen LogP contribution in [0.1, 0.15) is 31.4 Å². The second-order valence-corrected chi connectivity index (χ2v) is 7.48. The van der Waals surface area contributed by atoms with Gasteiger partial charge in [-0.2, -0.15) is 0 Å². The van der Waals surface area contributed by atoms with Crippen molar-refractivity contribution in [2.45, 2.75) is 43.4 Å². The van der Waals surface area contributed by atoms with Gasteiger partial charge in [0.15, 0.2) is 0 Å². The van der Waals surface area contributed by atoms with Crippen LogP contribution in [0.15, 0.2) is 21.6 Å². The fraction of sp³-hybridized carbons (Fsp3) is 0.714. The largest absolute Gasteiger partial charge is 0.447 e. The zero-order chi connectivity index (χ0) is 14.7. The predicted molar refractivity (Wildman–Crippen MR) is 77.3 cm³/mol. The fourth-order valence-electron chi connectivity index (χ4n) is 2.38. The minimum absolute atomic E-state index is 0.00200. The molecule has 2 N–H and O–H groups in total. The molecular formula is C14H22N2O4S. The van der Waals surface area contributed by atoms with Crippen molar-refractivity contribution in [2.75, 3.05) is 19.8 Å². The smallest absolute Gasteiger partial charge is 0.273 e. The summed E-state index contributed by atoms with van der Waals surface area (Å²) in [4.78, 5) is 0. The Labute approximate surface area is 125 Å². The van der Waals surface area contributed by atoms with E-state index in [9.17, 15) is 8.42 Å². The maximum atomic E-state index is 12.2. The Morgan fingerprint density at radius 2 is 1.90 bits per heavy atom. The van der Waals surface area contributed by atoms with Gasteiger partial charge in [0.25, 0.3) is 10.0 Å². The highest BCUT2D eigenvalue weighted by atomic mass is 32.2. The van der Waals surface area contributed by atoms with Crippen LogP contribution in [0.25, 0.3) is 0 Å². The molecule has 2 aliphatic rings. The molecule has 1 aliphatic heterocycles. The summed E-state index contributed by atoms with van der Waals surface area (Å²) >= 11 is 0. The first-order valence-corrected chi connectivity index (χ1v) is 9.01. The Balaban J connectivity index is 1.53. The molecule has 3 rings (SSSR count). The topological polar surface area (TPSA) is 80.6 Å². The van der Waals surface area contributed by atoms with Gasteiger partial charge < -0.3 is 14.5 Å². The molecule has 1 aliphatic carbocycles. The third-order valence-corrected chi connectivity index (χ3v) is 5.24. The summed E-state index contributed by atoms with van der Waals surface area (Å²) in [5, 5.41) is 3.30. The van der Waals surface area contributed by atoms with E-state index >= 15 is 0 Å². The molecule has 118 valence electrons. The van der Waals surface area contributed by atoms with Crippen molar-refractivity contribution in [1.29, 1.82) is 0 Å². The fourth-order valence-corrected chi connectivity index (χ4v) is 3.44. The van der Waals surface area contributed by atoms with Gasteiger partial charge in [-0.15, -0.1) is 0 Å². The quantitative estimate of drug-likeness (QED) is 0.791. The van der Waals surface area contributed by atoms with E-state index in [0.29, 0.717) is 44.0 Å². The summed E-state index contributed by atoms with van der Waals surface area (Å²) in [6, 6.07) is 3.82. The average molecular weight is 314 g/mol. The second-order valence-electron chi connectivity index (χ2n) is 5.78. The van der Waals surface area contributed by atoms with Crippen molar-refractivity contribution in [3.8, 4) is 0 Å². The van der Waals surface area contributed by atoms with Gasteiger partial charge in [0.05, 0.1) is 6.54 Å². The monoisotopic (exact) mass is 314 g/mol. The number of ether oxygens (including phenoxy) is 1. The molecule has 2 heterocycles. The molecule has 0 radical (unpaired) electrons. The molecule has 21 heavy (non-hydrogen) atoms. The van der Waals surface area contributed by atoms with Gasteiger partial charge in [-0.1, -0.05) is 0 Å². The first-order chi connectivity index (χ1) is 10.1. The van der Waals surface area contributed by atoms with Crippen molar-refractivity contribution in [3.05, 3.63) is 17.9 Å². The SMILES string of the molecule is O=S(=O)(NCC1CCOCC1)c1ccc(CNC2CC2)o1. The molecule has 0 aromatic carbocycles. The predicted octanol–water partition coefficient (Wildman–Crippen LogP) is 1.24. The van der Waals surface area contributed by atoms with E-state index in [4.69, 9.17) is 9.15 Å². The van der Waals surface area contributed by atoms with Crippen LogP contribution >= 0.6 is 0 Å². The van der Waals surface area contributed by atoms with Crippen molar-refractivity contribution in [1.82, 2.24) is 10.0 Å². The third-order valence-electron chi connectivity index (χ3n) is 3.95. The molecule has 6 nitrogen and oxygen atoms in total. The molecule has 0 unspecified atom stereocenters. The molecule has 0 bridgehead atoms. The summed E-state index contributed by atoms with van der Waals surface area (Å²) in [5.74, 6) is 1.01. The van der Waals surface area contributed by atoms with E-state index in [0.717, 1.165) is 12.8 Å². The zero-order valence-electron chi connectivity index (χ0n) is 12.0. The lowest BCUT2D eigenvalue weighted by atomic mass is 10.0. The Kier molecular flexibility index (Phi) is 4.63. The summed E-state index contributed by atoms with van der Waals surface area (Å²) < 4.78 is 37.7. The summed E-state index contributed by atoms with van der Waals surface area (Å²) in [5.41, 5.74) is 0. The molecule has 0 spiro atoms. The minimum Gasteiger partial charge on any atom is -0.447 e. The molecule has 0 amide bonds. The molecule has 1 aromatic rings. The lowest BCUT2D eigenvalue weighted by molar-refractivity contribution is 0.0678. The van der Waals surface area contributed by atoms with E-state index in [1.165, 1.54) is 18.9 Å². The van der Waals surface area contributed by atoms with Gasteiger partial charge in [-0.3, -0.25) is 0 Å². The minimum atomic E-state index is -3.55. The van der Waals surface area contributed by atoms with Gasteiger partial charge in [0.1, 0.15) is 5.76 Å². The van der Waals surface area contributed by atoms with Crippen LogP contribution in [0, 0.1) is 5.92 Å². The first kappa shape index (κ1) is 15.0. The van der Waals surface area contributed by atoms with E-state index < -0.39 is 10.0 Å². The molecule has 7 heteroatoms. The Bertz CT molecular complexity index is 559. The Hall–Kier alpha value is -0.890. The third kappa shape index (κ3) is 4.29. The highest BCUT2D eigenvalue weighted by Gasteiger charge is 2.23. The second kappa shape index (κ2) is 6.48. The van der Waals surface area contributed by atoms with Crippen molar-refractivity contribution in [3.63, 3.8) is 0 Å². The lowest BCUT2D eigenvalue weighted by Gasteiger charge is -2.21. The van der Waals surface area contributed by atoms with Crippen molar-refractivity contribution in [2.24, 2.45) is 5.92 Å². The summed E-state index contributed by atoms with van der Waals surface area (Å²) in [6.07, 6.45) is 4.19. The van der Waals surface area contributed by atoms with Crippen LogP contribution in [-0.2, 0) is 21.3 Å². The van der Waals surface area contributed by atoms with Crippen LogP contribution in [0.2, 0.25) is 0 Å². The highest BCUT2D eigenvalue weighted by Crippen LogP contribution is 2.21. The van der Waals surface area contributed by atoms with Crippen LogP contribution < -0.4 is 10.0 Å². The van der Waals surface area contributed by atoms with Gasteiger partial charge in [-0.25, -0.2) is 13.1 Å². The first-order valence-electron chi connectivity index (χ1n) is 7.53. The highest BCUT2D eigenvalue weighted by molar-refractivity contribution is 7.89. The number of nitrogens with one attached hydrogen (secondary N) is 2. The van der Waals surface area contributed by atoms with Gasteiger partial charge in [0.2, 0.25) is 5.09 Å². The summed E-state index contributed by atoms with van der Waals surface area (Å²) in [6.45, 7) is 2.45. The number of furan rings is 1. The molecule has 1 saturated carbocycles. The average Bonchev–Trinajstić information content (AvgIpc) is 3.20. The standard InChI is InChI=1S/C14H22N2O4S/c17-21(18,16-9-11-5-7-19-8-6-11)14-4-3-13(20-14)10-15-12-1-2-12/h3-4,11-12,15-16H,1-2,5-10H2. The van der Waals surface area contributed by atoms with E-state index in [2.05, 4.69) is 10.0 Å². The number of sulfonamides is 1. The van der Waals surface area contributed by atoms with Crippen LogP contribution in [0.5, 0.6) is 0 Å². The Morgan fingerprint density at radius 3 is 2.62 bits per heavy atom. The number of rotatable bonds is 7. The number of hydrogen-bond acceptors (Lipinski definition) is 5. The van der Waals surface area contributed by atoms with Gasteiger partial charge >= 0.3 is 0 Å². The molecule has 1 aromatic heterocycles. The van der Waals surface area contributed by atoms with Gasteiger partial charge in [-0.05, 0) is 43.7 Å². The number of hydrogen-bond donors (Lipinski definition) is 2. The Morgan fingerprint density at radius 1 is 1.14 bits per heavy atom. The van der Waals surface area contributed by atoms with E-state index in [1.807, 2.05) is 0 Å². The normalized spacial score (nSPS) is 20.8. The molecule has 1 saturated heterocycles. The van der Waals surface area contributed by atoms with Crippen molar-refractivity contribution < 1.29 is 17.6 Å². The summed E-state index contributed by atoms with van der Waals surface area (Å²) in [7, 11) is -3.55. The van der Waals surface area contributed by atoms with Gasteiger partial charge in [0, 0.05) is 25.8 Å². The maximum Gasteiger partial charge on any atom is 0.273 e. The zero-order valence-corrected chi connectivity index (χ0v) is 12.8. The maximum absolute atomic E-state index is 12.2. The molecule has 0 atom stereocenters. The van der Waals surface area contributed by atoms with Crippen LogP contribution in [0.4, 0.5) is 0 Å². The van der Waals surface area contributed by atoms with E-state index in [-0.39, 0.29) is 5.09 Å². The lowest BCUT2D eigenvalue weighted by Crippen LogP contribution is -2.32. The van der Waals surface area contributed by atoms with Crippen LogP contribution in [-0.4, -0.2) is 34.2 Å². The van der Waals surface area contributed by atoms with E-state index in [1.54, 1.807) is 6.07 Å². The van der Waals surface area contributed by atoms with Crippen LogP contribution in [0.3, 0.4) is 0 Å². The molecule has 2 fully saturated rings.